The van der Waals surface area contributed by atoms with Crippen LogP contribution < -0.4 is 5.32 Å². The van der Waals surface area contributed by atoms with Crippen molar-refractivity contribution in [1.82, 2.24) is 0 Å². The third-order valence-corrected chi connectivity index (χ3v) is 2.89. The smallest absolute Gasteiger partial charge is 0.266 e. The minimum atomic E-state index is -0.495. The summed E-state index contributed by atoms with van der Waals surface area (Å²) in [6.45, 7) is 1.63. The molecule has 0 bridgehead atoms. The van der Waals surface area contributed by atoms with Crippen LogP contribution in [0, 0.1) is 24.1 Å². The monoisotopic (exact) mass is 280 g/mol. The highest BCUT2D eigenvalue weighted by Gasteiger charge is 2.09. The maximum Gasteiger partial charge on any atom is 0.266 e. The maximum atomic E-state index is 13.2. The van der Waals surface area contributed by atoms with Gasteiger partial charge in [-0.2, -0.15) is 5.26 Å². The summed E-state index contributed by atoms with van der Waals surface area (Å²) >= 11 is 0. The minimum Gasteiger partial charge on any atom is -0.321 e. The number of carbonyl (C=O) groups excluding carboxylic acids is 1. The van der Waals surface area contributed by atoms with E-state index in [1.807, 2.05) is 12.1 Å². The summed E-state index contributed by atoms with van der Waals surface area (Å²) in [6.07, 6.45) is 1.44. The molecule has 0 aromatic heterocycles. The van der Waals surface area contributed by atoms with Gasteiger partial charge in [0.15, 0.2) is 0 Å². The average Bonchev–Trinajstić information content (AvgIpc) is 2.49. The summed E-state index contributed by atoms with van der Waals surface area (Å²) in [4.78, 5) is 12.0. The second-order valence-corrected chi connectivity index (χ2v) is 4.50. The third-order valence-electron chi connectivity index (χ3n) is 2.89. The summed E-state index contributed by atoms with van der Waals surface area (Å²) in [5.74, 6) is -0.815. The Morgan fingerprint density at radius 3 is 2.57 bits per heavy atom. The lowest BCUT2D eigenvalue weighted by atomic mass is 10.1. The van der Waals surface area contributed by atoms with E-state index in [-0.39, 0.29) is 11.4 Å². The lowest BCUT2D eigenvalue weighted by Crippen LogP contribution is -2.13. The molecule has 2 aromatic carbocycles. The molecule has 1 N–H and O–H groups in total. The number of hydrogen-bond donors (Lipinski definition) is 1. The molecular weight excluding hydrogens is 267 g/mol. The number of benzene rings is 2. The van der Waals surface area contributed by atoms with E-state index in [1.165, 1.54) is 18.2 Å². The molecule has 2 rings (SSSR count). The van der Waals surface area contributed by atoms with E-state index in [0.717, 1.165) is 0 Å². The summed E-state index contributed by atoms with van der Waals surface area (Å²) < 4.78 is 13.2. The van der Waals surface area contributed by atoms with Gasteiger partial charge < -0.3 is 5.32 Å². The Morgan fingerprint density at radius 1 is 1.24 bits per heavy atom. The highest BCUT2D eigenvalue weighted by Crippen LogP contribution is 2.14. The molecule has 0 unspecified atom stereocenters. The zero-order valence-electron chi connectivity index (χ0n) is 11.4. The zero-order chi connectivity index (χ0) is 15.2. The van der Waals surface area contributed by atoms with Gasteiger partial charge in [-0.15, -0.1) is 0 Å². The Kier molecular flexibility index (Phi) is 4.47. The van der Waals surface area contributed by atoms with Crippen molar-refractivity contribution in [2.24, 2.45) is 0 Å². The van der Waals surface area contributed by atoms with Gasteiger partial charge in [0.05, 0.1) is 0 Å². The number of amides is 1. The zero-order valence-corrected chi connectivity index (χ0v) is 11.4. The van der Waals surface area contributed by atoms with Gasteiger partial charge >= 0.3 is 0 Å². The quantitative estimate of drug-likeness (QED) is 0.688. The van der Waals surface area contributed by atoms with Crippen LogP contribution in [0.5, 0.6) is 0 Å². The van der Waals surface area contributed by atoms with Crippen LogP contribution in [0.25, 0.3) is 6.08 Å². The molecule has 0 saturated heterocycles. The van der Waals surface area contributed by atoms with E-state index >= 15 is 0 Å². The predicted octanol–water partition coefficient (Wildman–Crippen LogP) is 3.68. The molecule has 104 valence electrons. The van der Waals surface area contributed by atoms with Crippen molar-refractivity contribution in [2.75, 3.05) is 5.32 Å². The molecule has 3 nitrogen and oxygen atoms in total. The van der Waals surface area contributed by atoms with Gasteiger partial charge in [0, 0.05) is 5.69 Å². The van der Waals surface area contributed by atoms with E-state index in [9.17, 15) is 9.18 Å². The Hall–Kier alpha value is -2.93. The standard InChI is InChI=1S/C17H13FN2O/c1-12-9-13(7-8-16(12)18)10-14(11-19)17(21)20-15-5-3-2-4-6-15/h2-10H,1H3,(H,20,21)/b14-10-. The van der Waals surface area contributed by atoms with E-state index in [1.54, 1.807) is 37.3 Å². The SMILES string of the molecule is Cc1cc(/C=C(/C#N)C(=O)Nc2ccccc2)ccc1F. The predicted molar refractivity (Wildman–Crippen MR) is 79.8 cm³/mol. The fourth-order valence-corrected chi connectivity index (χ4v) is 1.79. The Morgan fingerprint density at radius 2 is 1.95 bits per heavy atom. The number of anilines is 1. The number of aryl methyl sites for hydroxylation is 1. The van der Waals surface area contributed by atoms with Gasteiger partial charge in [-0.1, -0.05) is 24.3 Å². The summed E-state index contributed by atoms with van der Waals surface area (Å²) in [6, 6.07) is 15.1. The molecule has 0 heterocycles. The highest BCUT2D eigenvalue weighted by atomic mass is 19.1. The molecule has 0 aliphatic carbocycles. The van der Waals surface area contributed by atoms with E-state index in [2.05, 4.69) is 5.32 Å². The molecular formula is C17H13FN2O. The lowest BCUT2D eigenvalue weighted by Gasteiger charge is -2.04. The van der Waals surface area contributed by atoms with Crippen LogP contribution in [0.1, 0.15) is 11.1 Å². The van der Waals surface area contributed by atoms with Crippen LogP contribution in [0.4, 0.5) is 10.1 Å². The van der Waals surface area contributed by atoms with Crippen LogP contribution >= 0.6 is 0 Å². The number of nitriles is 1. The van der Waals surface area contributed by atoms with Crippen molar-refractivity contribution in [1.29, 1.82) is 5.26 Å². The van der Waals surface area contributed by atoms with Gasteiger partial charge in [-0.3, -0.25) is 4.79 Å². The molecule has 0 radical (unpaired) electrons. The molecule has 0 saturated carbocycles. The summed E-state index contributed by atoms with van der Waals surface area (Å²) in [7, 11) is 0. The van der Waals surface area contributed by atoms with Crippen LogP contribution in [-0.4, -0.2) is 5.91 Å². The van der Waals surface area contributed by atoms with Crippen molar-refractivity contribution in [3.05, 3.63) is 71.0 Å². The molecule has 2 aromatic rings. The first-order valence-corrected chi connectivity index (χ1v) is 6.34. The van der Waals surface area contributed by atoms with Gasteiger partial charge in [0.25, 0.3) is 5.91 Å². The lowest BCUT2D eigenvalue weighted by molar-refractivity contribution is -0.112. The largest absolute Gasteiger partial charge is 0.321 e. The second kappa shape index (κ2) is 6.49. The first-order valence-electron chi connectivity index (χ1n) is 6.34. The van der Waals surface area contributed by atoms with E-state index < -0.39 is 5.91 Å². The van der Waals surface area contributed by atoms with Crippen molar-refractivity contribution in [2.45, 2.75) is 6.92 Å². The number of hydrogen-bond acceptors (Lipinski definition) is 2. The van der Waals surface area contributed by atoms with E-state index in [0.29, 0.717) is 16.8 Å². The van der Waals surface area contributed by atoms with Crippen molar-refractivity contribution < 1.29 is 9.18 Å². The maximum absolute atomic E-state index is 13.2. The van der Waals surface area contributed by atoms with Gasteiger partial charge in [-0.05, 0) is 48.4 Å². The third kappa shape index (κ3) is 3.77. The average molecular weight is 280 g/mol. The fraction of sp³-hybridized carbons (Fsp3) is 0.0588. The first-order chi connectivity index (χ1) is 10.1. The fourth-order valence-electron chi connectivity index (χ4n) is 1.79. The minimum absolute atomic E-state index is 0.0372. The molecule has 21 heavy (non-hydrogen) atoms. The highest BCUT2D eigenvalue weighted by molar-refractivity contribution is 6.09. The number of nitrogens with one attached hydrogen (secondary N) is 1. The number of para-hydroxylation sites is 1. The molecule has 0 atom stereocenters. The molecule has 0 aliphatic rings. The van der Waals surface area contributed by atoms with Gasteiger partial charge in [-0.25, -0.2) is 4.39 Å². The van der Waals surface area contributed by atoms with Crippen molar-refractivity contribution in [3.8, 4) is 6.07 Å². The molecule has 0 aliphatic heterocycles. The molecule has 0 spiro atoms. The summed E-state index contributed by atoms with van der Waals surface area (Å²) in [5.41, 5.74) is 1.64. The topological polar surface area (TPSA) is 52.9 Å². The van der Waals surface area contributed by atoms with Gasteiger partial charge in [0.2, 0.25) is 0 Å². The first kappa shape index (κ1) is 14.5. The van der Waals surface area contributed by atoms with Crippen LogP contribution in [0.3, 0.4) is 0 Å². The normalized spacial score (nSPS) is 10.8. The van der Waals surface area contributed by atoms with Crippen LogP contribution in [0.15, 0.2) is 54.1 Å². The second-order valence-electron chi connectivity index (χ2n) is 4.50. The number of carbonyl (C=O) groups is 1. The number of nitrogens with zero attached hydrogens (tertiary/aromatic N) is 1. The molecule has 1 amide bonds. The number of halogens is 1. The van der Waals surface area contributed by atoms with Crippen LogP contribution in [-0.2, 0) is 4.79 Å². The van der Waals surface area contributed by atoms with Crippen LogP contribution in [0.2, 0.25) is 0 Å². The van der Waals surface area contributed by atoms with Gasteiger partial charge in [0.1, 0.15) is 17.5 Å². The van der Waals surface area contributed by atoms with E-state index in [4.69, 9.17) is 5.26 Å². The Labute approximate surface area is 122 Å². The Bertz CT molecular complexity index is 730. The number of rotatable bonds is 3. The summed E-state index contributed by atoms with van der Waals surface area (Å²) in [5, 5.41) is 11.7. The molecule has 4 heteroatoms. The molecule has 0 fully saturated rings. The van der Waals surface area contributed by atoms with Crippen molar-refractivity contribution in [3.63, 3.8) is 0 Å². The Balaban J connectivity index is 2.22. The van der Waals surface area contributed by atoms with Crippen molar-refractivity contribution >= 4 is 17.7 Å².